The lowest BCUT2D eigenvalue weighted by atomic mass is 9.47. The topological polar surface area (TPSA) is 99.4 Å². The summed E-state index contributed by atoms with van der Waals surface area (Å²) in [5.41, 5.74) is 2.21. The van der Waals surface area contributed by atoms with Crippen LogP contribution in [0, 0.1) is 52.3 Å². The van der Waals surface area contributed by atoms with E-state index in [0.717, 1.165) is 60.7 Å². The first kappa shape index (κ1) is 32.9. The molecule has 4 N–H and O–H groups in total. The van der Waals surface area contributed by atoms with Crippen LogP contribution in [0.3, 0.4) is 0 Å². The molecule has 6 nitrogen and oxygen atoms in total. The van der Waals surface area contributed by atoms with Crippen LogP contribution in [-0.2, 0) is 9.47 Å². The number of allylic oxidation sites excluding steroid dienone is 1. The molecular formula is C36H62O6. The van der Waals surface area contributed by atoms with Crippen molar-refractivity contribution in [3.8, 4) is 0 Å². The molecular weight excluding hydrogens is 528 g/mol. The molecule has 4 aliphatic carbocycles. The zero-order valence-corrected chi connectivity index (χ0v) is 27.4. The monoisotopic (exact) mass is 590 g/mol. The summed E-state index contributed by atoms with van der Waals surface area (Å²) in [6, 6.07) is 0. The highest BCUT2D eigenvalue weighted by atomic mass is 16.7. The van der Waals surface area contributed by atoms with Crippen LogP contribution in [0.4, 0.5) is 0 Å². The second-order valence-electron chi connectivity index (χ2n) is 16.0. The second-order valence-corrected chi connectivity index (χ2v) is 16.0. The number of hydrogen-bond acceptors (Lipinski definition) is 6. The third kappa shape index (κ3) is 5.91. The molecule has 42 heavy (non-hydrogen) atoms. The van der Waals surface area contributed by atoms with Gasteiger partial charge in [-0.05, 0) is 116 Å². The second kappa shape index (κ2) is 13.1. The van der Waals surface area contributed by atoms with Gasteiger partial charge in [0.2, 0.25) is 0 Å². The Balaban J connectivity index is 1.23. The van der Waals surface area contributed by atoms with Gasteiger partial charge in [0.25, 0.3) is 0 Å². The summed E-state index contributed by atoms with van der Waals surface area (Å²) < 4.78 is 12.1. The zero-order valence-electron chi connectivity index (χ0n) is 27.4. The Hall–Kier alpha value is -0.500. The Morgan fingerprint density at radius 1 is 0.952 bits per heavy atom. The third-order valence-corrected chi connectivity index (χ3v) is 13.7. The molecule has 14 atom stereocenters. The van der Waals surface area contributed by atoms with Crippen LogP contribution in [0.2, 0.25) is 0 Å². The predicted octanol–water partition coefficient (Wildman–Crippen LogP) is 6.24. The van der Waals surface area contributed by atoms with Crippen molar-refractivity contribution in [2.75, 3.05) is 6.61 Å². The Kier molecular flexibility index (Phi) is 10.2. The molecule has 4 fully saturated rings. The molecule has 1 heterocycles. The first-order valence-electron chi connectivity index (χ1n) is 17.6. The standard InChI is InChI=1S/C36H62O6/c1-7-23(21(2)3)9-8-22(4)27-12-13-28-26-11-10-24-20-25(14-17-35(24,5)29(26)15-18-36(27,28)6)41-34-33(40)32(39)31(38)30(42-34)16-19-37/h10,21-23,25-34,37-40H,7-9,11-20H2,1-6H3/t22-,23-,25+,26+,27-,28+,29+,30-,31-,32+,33-,34-,35+,36-/m1/s1. The first-order chi connectivity index (χ1) is 19.9. The maximum Gasteiger partial charge on any atom is 0.186 e. The van der Waals surface area contributed by atoms with Gasteiger partial charge in [-0.2, -0.15) is 0 Å². The van der Waals surface area contributed by atoms with Crippen molar-refractivity contribution in [1.82, 2.24) is 0 Å². The van der Waals surface area contributed by atoms with Gasteiger partial charge in [0.15, 0.2) is 6.29 Å². The quantitative estimate of drug-likeness (QED) is 0.225. The fourth-order valence-corrected chi connectivity index (χ4v) is 11.0. The van der Waals surface area contributed by atoms with Crippen LogP contribution >= 0.6 is 0 Å². The van der Waals surface area contributed by atoms with Gasteiger partial charge in [0.05, 0.1) is 12.2 Å². The highest BCUT2D eigenvalue weighted by Gasteiger charge is 2.59. The normalized spacial score (nSPS) is 46.9. The molecule has 242 valence electrons. The molecule has 0 unspecified atom stereocenters. The summed E-state index contributed by atoms with van der Waals surface area (Å²) in [7, 11) is 0. The maximum atomic E-state index is 10.6. The number of aliphatic hydroxyl groups is 4. The summed E-state index contributed by atoms with van der Waals surface area (Å²) in [5, 5.41) is 40.6. The molecule has 0 aromatic rings. The number of ether oxygens (including phenoxy) is 2. The molecule has 1 aliphatic heterocycles. The molecule has 6 heteroatoms. The van der Waals surface area contributed by atoms with E-state index in [1.807, 2.05) is 0 Å². The van der Waals surface area contributed by atoms with Gasteiger partial charge < -0.3 is 29.9 Å². The largest absolute Gasteiger partial charge is 0.396 e. The molecule has 0 amide bonds. The Bertz CT molecular complexity index is 936. The lowest BCUT2D eigenvalue weighted by Crippen LogP contribution is -2.59. The fourth-order valence-electron chi connectivity index (χ4n) is 11.0. The van der Waals surface area contributed by atoms with Crippen LogP contribution in [0.25, 0.3) is 0 Å². The minimum Gasteiger partial charge on any atom is -0.396 e. The molecule has 3 saturated carbocycles. The number of aliphatic hydroxyl groups excluding tert-OH is 4. The van der Waals surface area contributed by atoms with Crippen molar-refractivity contribution in [1.29, 1.82) is 0 Å². The van der Waals surface area contributed by atoms with Crippen LogP contribution < -0.4 is 0 Å². The lowest BCUT2D eigenvalue weighted by molar-refractivity contribution is -0.310. The number of rotatable bonds is 10. The van der Waals surface area contributed by atoms with Crippen LogP contribution in [-0.4, -0.2) is 63.8 Å². The van der Waals surface area contributed by atoms with E-state index in [0.29, 0.717) is 5.41 Å². The molecule has 0 bridgehead atoms. The molecule has 5 rings (SSSR count). The van der Waals surface area contributed by atoms with Gasteiger partial charge >= 0.3 is 0 Å². The van der Waals surface area contributed by atoms with Crippen molar-refractivity contribution in [3.63, 3.8) is 0 Å². The van der Waals surface area contributed by atoms with E-state index in [2.05, 4.69) is 47.6 Å². The smallest absolute Gasteiger partial charge is 0.186 e. The molecule has 0 spiro atoms. The van der Waals surface area contributed by atoms with E-state index in [1.165, 1.54) is 56.9 Å². The maximum absolute atomic E-state index is 10.6. The van der Waals surface area contributed by atoms with Crippen molar-refractivity contribution in [3.05, 3.63) is 11.6 Å². The third-order valence-electron chi connectivity index (χ3n) is 13.7. The summed E-state index contributed by atoms with van der Waals surface area (Å²) in [6.07, 6.45) is 10.6. The van der Waals surface area contributed by atoms with Gasteiger partial charge in [-0.1, -0.05) is 66.0 Å². The van der Waals surface area contributed by atoms with E-state index in [4.69, 9.17) is 9.47 Å². The van der Waals surface area contributed by atoms with Gasteiger partial charge in [-0.3, -0.25) is 0 Å². The lowest BCUT2D eigenvalue weighted by Gasteiger charge is -2.58. The average molecular weight is 591 g/mol. The summed E-state index contributed by atoms with van der Waals surface area (Å²) in [5.74, 6) is 5.68. The molecule has 0 radical (unpaired) electrons. The minimum atomic E-state index is -1.35. The highest BCUT2D eigenvalue weighted by molar-refractivity contribution is 5.25. The first-order valence-corrected chi connectivity index (χ1v) is 17.6. The van der Waals surface area contributed by atoms with Crippen molar-refractivity contribution in [2.45, 2.75) is 155 Å². The summed E-state index contributed by atoms with van der Waals surface area (Å²) >= 11 is 0. The van der Waals surface area contributed by atoms with E-state index in [-0.39, 0.29) is 24.5 Å². The minimum absolute atomic E-state index is 0.0823. The van der Waals surface area contributed by atoms with E-state index >= 15 is 0 Å². The van der Waals surface area contributed by atoms with Gasteiger partial charge in [-0.25, -0.2) is 0 Å². The Morgan fingerprint density at radius 3 is 2.40 bits per heavy atom. The highest BCUT2D eigenvalue weighted by Crippen LogP contribution is 2.67. The van der Waals surface area contributed by atoms with Crippen molar-refractivity contribution < 1.29 is 29.9 Å². The SMILES string of the molecule is CC[C@H](CC[C@@H](C)[C@H]1CC[C@H]2[C@@H]3CC=C4C[C@@H](O[C@@H]5O[C@H](CCO)[C@@H](O)[C@H](O)[C@H]5O)CC[C@]4(C)[C@H]3CC[C@]12C)C(C)C. The van der Waals surface area contributed by atoms with E-state index in [1.54, 1.807) is 0 Å². The van der Waals surface area contributed by atoms with Gasteiger partial charge in [-0.15, -0.1) is 0 Å². The van der Waals surface area contributed by atoms with Crippen molar-refractivity contribution in [2.24, 2.45) is 52.3 Å². The average Bonchev–Trinajstić information content (AvgIpc) is 3.32. The molecule has 0 aromatic heterocycles. The predicted molar refractivity (Wildman–Crippen MR) is 165 cm³/mol. The summed E-state index contributed by atoms with van der Waals surface area (Å²) in [4.78, 5) is 0. The van der Waals surface area contributed by atoms with Crippen LogP contribution in [0.5, 0.6) is 0 Å². The van der Waals surface area contributed by atoms with Gasteiger partial charge in [0, 0.05) is 6.61 Å². The molecule has 1 saturated heterocycles. The van der Waals surface area contributed by atoms with Gasteiger partial charge in [0.1, 0.15) is 18.3 Å². The molecule has 0 aromatic carbocycles. The van der Waals surface area contributed by atoms with Crippen LogP contribution in [0.1, 0.15) is 119 Å². The zero-order chi connectivity index (χ0) is 30.4. The van der Waals surface area contributed by atoms with E-state index in [9.17, 15) is 20.4 Å². The summed E-state index contributed by atoms with van der Waals surface area (Å²) in [6.45, 7) is 14.8. The fraction of sp³-hybridized carbons (Fsp3) is 0.944. The van der Waals surface area contributed by atoms with Crippen LogP contribution in [0.15, 0.2) is 11.6 Å². The number of fused-ring (bicyclic) bond motifs is 5. The Labute approximate surface area is 255 Å². The molecule has 5 aliphatic rings. The number of hydrogen-bond donors (Lipinski definition) is 4. The Morgan fingerprint density at radius 2 is 1.71 bits per heavy atom. The van der Waals surface area contributed by atoms with Crippen molar-refractivity contribution >= 4 is 0 Å². The van der Waals surface area contributed by atoms with E-state index < -0.39 is 30.7 Å².